The van der Waals surface area contributed by atoms with Crippen LogP contribution >= 0.6 is 0 Å². The van der Waals surface area contributed by atoms with Crippen molar-refractivity contribution in [3.05, 3.63) is 0 Å². The summed E-state index contributed by atoms with van der Waals surface area (Å²) in [6.45, 7) is 3.32. The van der Waals surface area contributed by atoms with Crippen molar-refractivity contribution >= 4 is 5.91 Å². The molecule has 0 bridgehead atoms. The third-order valence-corrected chi connectivity index (χ3v) is 1.39. The summed E-state index contributed by atoms with van der Waals surface area (Å²) >= 11 is 0. The van der Waals surface area contributed by atoms with Crippen LogP contribution in [0.25, 0.3) is 0 Å². The molecule has 0 spiro atoms. The lowest BCUT2D eigenvalue weighted by Crippen LogP contribution is -2.41. The maximum Gasteiger partial charge on any atom is 0.249 e. The molecule has 0 rings (SSSR count). The predicted octanol–water partition coefficient (Wildman–Crippen LogP) is -0.482. The molecule has 0 aliphatic carbocycles. The van der Waals surface area contributed by atoms with Crippen molar-refractivity contribution in [3.8, 4) is 0 Å². The van der Waals surface area contributed by atoms with E-state index in [1.54, 1.807) is 13.8 Å². The topological polar surface area (TPSA) is 58.6 Å². The van der Waals surface area contributed by atoms with Gasteiger partial charge in [0.05, 0.1) is 6.61 Å². The Kier molecular flexibility index (Phi) is 4.81. The molecule has 0 saturated heterocycles. The van der Waals surface area contributed by atoms with Gasteiger partial charge in [-0.1, -0.05) is 0 Å². The fraction of sp³-hybridized carbons (Fsp3) is 0.857. The van der Waals surface area contributed by atoms with Crippen molar-refractivity contribution in [2.24, 2.45) is 0 Å². The molecule has 2 atom stereocenters. The maximum absolute atomic E-state index is 11.0. The average Bonchev–Trinajstić information content (AvgIpc) is 2.02. The van der Waals surface area contributed by atoms with Gasteiger partial charge in [-0.15, -0.1) is 0 Å². The van der Waals surface area contributed by atoms with E-state index >= 15 is 0 Å². The average molecular weight is 161 g/mol. The number of methoxy groups -OCH3 is 1. The lowest BCUT2D eigenvalue weighted by Gasteiger charge is -2.14. The van der Waals surface area contributed by atoms with Gasteiger partial charge in [0, 0.05) is 13.2 Å². The molecule has 0 aromatic heterocycles. The van der Waals surface area contributed by atoms with Crippen molar-refractivity contribution in [2.45, 2.75) is 26.0 Å². The molecule has 0 fully saturated rings. The predicted molar refractivity (Wildman–Crippen MR) is 41.2 cm³/mol. The highest BCUT2D eigenvalue weighted by atomic mass is 16.5. The van der Waals surface area contributed by atoms with Gasteiger partial charge in [-0.25, -0.2) is 0 Å². The van der Waals surface area contributed by atoms with Gasteiger partial charge in [0.25, 0.3) is 0 Å². The second-order valence-electron chi connectivity index (χ2n) is 2.47. The second-order valence-corrected chi connectivity index (χ2v) is 2.47. The van der Waals surface area contributed by atoms with E-state index in [0.29, 0.717) is 0 Å². The van der Waals surface area contributed by atoms with Gasteiger partial charge in [-0.2, -0.15) is 0 Å². The molecule has 0 aromatic carbocycles. The molecule has 2 N–H and O–H groups in total. The Morgan fingerprint density at radius 3 is 2.55 bits per heavy atom. The van der Waals surface area contributed by atoms with Crippen LogP contribution in [0.5, 0.6) is 0 Å². The third-order valence-electron chi connectivity index (χ3n) is 1.39. The van der Waals surface area contributed by atoms with Gasteiger partial charge < -0.3 is 15.2 Å². The fourth-order valence-corrected chi connectivity index (χ4v) is 0.513. The molecule has 0 radical (unpaired) electrons. The number of ether oxygens (including phenoxy) is 1. The van der Waals surface area contributed by atoms with Gasteiger partial charge >= 0.3 is 0 Å². The number of aliphatic hydroxyl groups is 1. The summed E-state index contributed by atoms with van der Waals surface area (Å²) in [4.78, 5) is 11.0. The van der Waals surface area contributed by atoms with Crippen LogP contribution in [0.3, 0.4) is 0 Å². The lowest BCUT2D eigenvalue weighted by molar-refractivity contribution is -0.130. The highest BCUT2D eigenvalue weighted by Crippen LogP contribution is 1.88. The molecule has 1 unspecified atom stereocenters. The molecular formula is C7H15NO3. The third kappa shape index (κ3) is 3.95. The Bertz CT molecular complexity index is 127. The van der Waals surface area contributed by atoms with Crippen LogP contribution in [0.4, 0.5) is 0 Å². The highest BCUT2D eigenvalue weighted by molar-refractivity contribution is 5.80. The molecule has 0 saturated carbocycles. The van der Waals surface area contributed by atoms with E-state index in [-0.39, 0.29) is 18.6 Å². The summed E-state index contributed by atoms with van der Waals surface area (Å²) in [6.07, 6.45) is -0.455. The molecule has 0 aliphatic heterocycles. The van der Waals surface area contributed by atoms with Crippen molar-refractivity contribution < 1.29 is 14.6 Å². The Morgan fingerprint density at radius 2 is 2.18 bits per heavy atom. The Hall–Kier alpha value is -0.610. The number of carbonyl (C=O) groups excluding carboxylic acids is 1. The first kappa shape index (κ1) is 10.4. The van der Waals surface area contributed by atoms with E-state index in [2.05, 4.69) is 5.32 Å². The largest absolute Gasteiger partial charge is 0.394 e. The van der Waals surface area contributed by atoms with Crippen molar-refractivity contribution in [3.63, 3.8) is 0 Å². The quantitative estimate of drug-likeness (QED) is 0.585. The number of carbonyl (C=O) groups is 1. The van der Waals surface area contributed by atoms with Crippen molar-refractivity contribution in [1.82, 2.24) is 5.32 Å². The molecular weight excluding hydrogens is 146 g/mol. The van der Waals surface area contributed by atoms with Crippen molar-refractivity contribution in [1.29, 1.82) is 0 Å². The minimum atomic E-state index is -0.455. The number of hydrogen-bond donors (Lipinski definition) is 2. The zero-order valence-electron chi connectivity index (χ0n) is 7.13. The number of rotatable bonds is 4. The summed E-state index contributed by atoms with van der Waals surface area (Å²) < 4.78 is 4.76. The first-order valence-corrected chi connectivity index (χ1v) is 3.55. The number of amides is 1. The first-order chi connectivity index (χ1) is 5.11. The van der Waals surface area contributed by atoms with E-state index < -0.39 is 6.10 Å². The van der Waals surface area contributed by atoms with E-state index in [1.165, 1.54) is 7.11 Å². The van der Waals surface area contributed by atoms with E-state index in [4.69, 9.17) is 9.84 Å². The smallest absolute Gasteiger partial charge is 0.249 e. The second kappa shape index (κ2) is 5.09. The molecule has 0 heterocycles. The summed E-state index contributed by atoms with van der Waals surface area (Å²) in [5.41, 5.74) is 0. The van der Waals surface area contributed by atoms with Crippen LogP contribution in [0.2, 0.25) is 0 Å². The van der Waals surface area contributed by atoms with Crippen LogP contribution in [0.1, 0.15) is 13.8 Å². The van der Waals surface area contributed by atoms with Gasteiger partial charge in [0.2, 0.25) is 5.91 Å². The molecule has 1 amide bonds. The van der Waals surface area contributed by atoms with E-state index in [0.717, 1.165) is 0 Å². The number of nitrogens with one attached hydrogen (secondary N) is 1. The van der Waals surface area contributed by atoms with Crippen LogP contribution in [-0.2, 0) is 9.53 Å². The molecule has 66 valence electrons. The monoisotopic (exact) mass is 161 g/mol. The zero-order chi connectivity index (χ0) is 8.85. The fourth-order valence-electron chi connectivity index (χ4n) is 0.513. The van der Waals surface area contributed by atoms with Gasteiger partial charge in [-0.3, -0.25) is 4.79 Å². The van der Waals surface area contributed by atoms with Crippen LogP contribution < -0.4 is 5.32 Å². The number of hydrogen-bond acceptors (Lipinski definition) is 3. The first-order valence-electron chi connectivity index (χ1n) is 3.55. The van der Waals surface area contributed by atoms with Crippen LogP contribution in [0, 0.1) is 0 Å². The maximum atomic E-state index is 11.0. The lowest BCUT2D eigenvalue weighted by atomic mass is 10.3. The number of aliphatic hydroxyl groups excluding tert-OH is 1. The van der Waals surface area contributed by atoms with Crippen LogP contribution in [-0.4, -0.2) is 36.9 Å². The normalized spacial score (nSPS) is 15.6. The van der Waals surface area contributed by atoms with Gasteiger partial charge in [0.1, 0.15) is 6.10 Å². The summed E-state index contributed by atoms with van der Waals surface area (Å²) in [6, 6.07) is -0.208. The zero-order valence-corrected chi connectivity index (χ0v) is 7.13. The molecule has 0 aromatic rings. The minimum absolute atomic E-state index is 0.0534. The van der Waals surface area contributed by atoms with Gasteiger partial charge in [-0.05, 0) is 13.8 Å². The summed E-state index contributed by atoms with van der Waals surface area (Å²) in [5.74, 6) is -0.200. The SMILES string of the molecule is COC(C)C(=O)N[C@@H](C)CO. The Balaban J connectivity index is 3.68. The Morgan fingerprint density at radius 1 is 1.64 bits per heavy atom. The van der Waals surface area contributed by atoms with E-state index in [1.807, 2.05) is 0 Å². The summed E-state index contributed by atoms with van der Waals surface area (Å²) in [7, 11) is 1.47. The highest BCUT2D eigenvalue weighted by Gasteiger charge is 2.12. The van der Waals surface area contributed by atoms with E-state index in [9.17, 15) is 4.79 Å². The molecule has 4 heteroatoms. The summed E-state index contributed by atoms with van der Waals surface area (Å²) in [5, 5.41) is 11.1. The minimum Gasteiger partial charge on any atom is -0.394 e. The van der Waals surface area contributed by atoms with Crippen LogP contribution in [0.15, 0.2) is 0 Å². The Labute approximate surface area is 66.5 Å². The molecule has 11 heavy (non-hydrogen) atoms. The molecule has 4 nitrogen and oxygen atoms in total. The van der Waals surface area contributed by atoms with Crippen molar-refractivity contribution in [2.75, 3.05) is 13.7 Å². The standard InChI is InChI=1S/C7H15NO3/c1-5(4-9)8-7(10)6(2)11-3/h5-6,9H,4H2,1-3H3,(H,8,10)/t5-,6?/m0/s1. The van der Waals surface area contributed by atoms with Gasteiger partial charge in [0.15, 0.2) is 0 Å². The molecule has 0 aliphatic rings.